The van der Waals surface area contributed by atoms with Crippen LogP contribution in [0.1, 0.15) is 75.0 Å². The van der Waals surface area contributed by atoms with E-state index >= 15 is 0 Å². The van der Waals surface area contributed by atoms with Gasteiger partial charge in [0.25, 0.3) is 0 Å². The van der Waals surface area contributed by atoms with Gasteiger partial charge in [-0.3, -0.25) is 0 Å². The Kier molecular flexibility index (Phi) is 6.50. The van der Waals surface area contributed by atoms with E-state index in [0.29, 0.717) is 0 Å². The van der Waals surface area contributed by atoms with E-state index < -0.39 is 0 Å². The van der Waals surface area contributed by atoms with Crippen LogP contribution in [0, 0.1) is 0 Å². The first-order valence-electron chi connectivity index (χ1n) is 8.42. The second-order valence-corrected chi connectivity index (χ2v) is 5.93. The Morgan fingerprint density at radius 3 is 2.43 bits per heavy atom. The zero-order valence-electron chi connectivity index (χ0n) is 13.3. The van der Waals surface area contributed by atoms with E-state index in [-0.39, 0.29) is 0 Å². The highest BCUT2D eigenvalue weighted by Gasteiger charge is 2.11. The SMILES string of the molecule is C=C=C1N=Cc2cc(CCCCCCCCCC)ccc21. The van der Waals surface area contributed by atoms with Crippen molar-refractivity contribution in [1.29, 1.82) is 0 Å². The molecule has 0 unspecified atom stereocenters. The maximum atomic E-state index is 4.33. The molecule has 0 saturated heterocycles. The Morgan fingerprint density at radius 1 is 1.00 bits per heavy atom. The summed E-state index contributed by atoms with van der Waals surface area (Å²) in [5.41, 5.74) is 7.59. The summed E-state index contributed by atoms with van der Waals surface area (Å²) in [4.78, 5) is 4.33. The van der Waals surface area contributed by atoms with E-state index in [0.717, 1.165) is 5.70 Å². The maximum absolute atomic E-state index is 4.33. The fourth-order valence-corrected chi connectivity index (χ4v) is 2.90. The standard InChI is InChI=1S/C20H27N/c1-3-5-6-7-8-9-10-11-12-17-13-14-19-18(15-17)16-21-20(19)4-2/h13-16H,2-3,5-12H2,1H3. The van der Waals surface area contributed by atoms with Crippen LogP contribution in [0.4, 0.5) is 0 Å². The summed E-state index contributed by atoms with van der Waals surface area (Å²) in [5.74, 6) is 0. The van der Waals surface area contributed by atoms with Gasteiger partial charge in [-0.1, -0.05) is 70.6 Å². The molecule has 1 heteroatoms. The Hall–Kier alpha value is -1.59. The van der Waals surface area contributed by atoms with Crippen molar-refractivity contribution in [3.63, 3.8) is 0 Å². The van der Waals surface area contributed by atoms with Crippen LogP contribution in [-0.4, -0.2) is 6.21 Å². The second-order valence-electron chi connectivity index (χ2n) is 5.93. The van der Waals surface area contributed by atoms with Gasteiger partial charge >= 0.3 is 0 Å². The number of rotatable bonds is 9. The van der Waals surface area contributed by atoms with E-state index in [1.165, 1.54) is 74.5 Å². The third kappa shape index (κ3) is 4.72. The number of unbranched alkanes of at least 4 members (excludes halogenated alkanes) is 7. The van der Waals surface area contributed by atoms with Gasteiger partial charge in [-0.15, -0.1) is 5.73 Å². The summed E-state index contributed by atoms with van der Waals surface area (Å²) >= 11 is 0. The largest absolute Gasteiger partial charge is 0.247 e. The first kappa shape index (κ1) is 15.8. The highest BCUT2D eigenvalue weighted by Crippen LogP contribution is 2.25. The highest BCUT2D eigenvalue weighted by atomic mass is 14.8. The Balaban J connectivity index is 1.68. The summed E-state index contributed by atoms with van der Waals surface area (Å²) in [5, 5.41) is 0. The first-order valence-corrected chi connectivity index (χ1v) is 8.42. The van der Waals surface area contributed by atoms with E-state index in [1.807, 2.05) is 6.21 Å². The molecular weight excluding hydrogens is 254 g/mol. The molecule has 0 atom stereocenters. The fraction of sp³-hybridized carbons (Fsp3) is 0.500. The van der Waals surface area contributed by atoms with Gasteiger partial charge in [0, 0.05) is 17.3 Å². The van der Waals surface area contributed by atoms with Crippen LogP contribution < -0.4 is 0 Å². The molecule has 0 spiro atoms. The Labute approximate surface area is 129 Å². The van der Waals surface area contributed by atoms with Gasteiger partial charge in [0.05, 0.1) is 0 Å². The lowest BCUT2D eigenvalue weighted by Gasteiger charge is -2.05. The van der Waals surface area contributed by atoms with Crippen LogP contribution in [0.3, 0.4) is 0 Å². The lowest BCUT2D eigenvalue weighted by molar-refractivity contribution is 0.575. The number of nitrogens with zero attached hydrogens (tertiary/aromatic N) is 1. The van der Waals surface area contributed by atoms with Gasteiger partial charge in [0.2, 0.25) is 0 Å². The van der Waals surface area contributed by atoms with Crippen LogP contribution in [0.15, 0.2) is 35.5 Å². The molecular formula is C20H27N. The second kappa shape index (κ2) is 8.64. The minimum absolute atomic E-state index is 0.878. The summed E-state index contributed by atoms with van der Waals surface area (Å²) in [6.07, 6.45) is 14.1. The summed E-state index contributed by atoms with van der Waals surface area (Å²) in [6, 6.07) is 6.66. The van der Waals surface area contributed by atoms with Crippen molar-refractivity contribution in [1.82, 2.24) is 0 Å². The van der Waals surface area contributed by atoms with Gasteiger partial charge in [-0.25, -0.2) is 4.99 Å². The molecule has 1 aromatic rings. The van der Waals surface area contributed by atoms with Gasteiger partial charge < -0.3 is 0 Å². The minimum Gasteiger partial charge on any atom is -0.247 e. The first-order chi connectivity index (χ1) is 10.3. The number of aliphatic imine (C=N–C) groups is 1. The van der Waals surface area contributed by atoms with Gasteiger partial charge in [-0.05, 0) is 24.5 Å². The van der Waals surface area contributed by atoms with Crippen LogP contribution >= 0.6 is 0 Å². The number of hydrogen-bond donors (Lipinski definition) is 0. The minimum atomic E-state index is 0.878. The molecule has 1 aliphatic rings. The molecule has 0 fully saturated rings. The third-order valence-corrected chi connectivity index (χ3v) is 4.19. The van der Waals surface area contributed by atoms with Crippen LogP contribution in [-0.2, 0) is 6.42 Å². The predicted molar refractivity (Wildman–Crippen MR) is 92.9 cm³/mol. The monoisotopic (exact) mass is 281 g/mol. The lowest BCUT2D eigenvalue weighted by Crippen LogP contribution is -1.90. The van der Waals surface area contributed by atoms with E-state index in [1.54, 1.807) is 0 Å². The molecule has 1 heterocycles. The Bertz CT molecular complexity index is 533. The maximum Gasteiger partial charge on any atom is 0.112 e. The van der Waals surface area contributed by atoms with Gasteiger partial charge in [0.1, 0.15) is 5.70 Å². The molecule has 0 saturated carbocycles. The smallest absolute Gasteiger partial charge is 0.112 e. The zero-order chi connectivity index (χ0) is 14.9. The van der Waals surface area contributed by atoms with Crippen molar-refractivity contribution in [2.75, 3.05) is 0 Å². The van der Waals surface area contributed by atoms with Crippen molar-refractivity contribution in [2.24, 2.45) is 4.99 Å². The lowest BCUT2D eigenvalue weighted by atomic mass is 10.00. The third-order valence-electron chi connectivity index (χ3n) is 4.19. The van der Waals surface area contributed by atoms with Gasteiger partial charge in [0.15, 0.2) is 0 Å². The summed E-state index contributed by atoms with van der Waals surface area (Å²) in [6.45, 7) is 5.96. The van der Waals surface area contributed by atoms with Crippen molar-refractivity contribution < 1.29 is 0 Å². The summed E-state index contributed by atoms with van der Waals surface area (Å²) in [7, 11) is 0. The van der Waals surface area contributed by atoms with Crippen LogP contribution in [0.25, 0.3) is 5.70 Å². The molecule has 0 aromatic heterocycles. The number of fused-ring (bicyclic) bond motifs is 1. The number of aryl methyl sites for hydroxylation is 1. The van der Waals surface area contributed by atoms with Crippen molar-refractivity contribution >= 4 is 11.9 Å². The highest BCUT2D eigenvalue weighted by molar-refractivity contribution is 5.97. The fourth-order valence-electron chi connectivity index (χ4n) is 2.90. The molecule has 21 heavy (non-hydrogen) atoms. The van der Waals surface area contributed by atoms with Crippen molar-refractivity contribution in [3.05, 3.63) is 47.2 Å². The molecule has 1 aliphatic heterocycles. The van der Waals surface area contributed by atoms with Gasteiger partial charge in [-0.2, -0.15) is 0 Å². The normalized spacial score (nSPS) is 12.5. The zero-order valence-corrected chi connectivity index (χ0v) is 13.3. The van der Waals surface area contributed by atoms with Crippen molar-refractivity contribution in [3.8, 4) is 0 Å². The Morgan fingerprint density at radius 2 is 1.71 bits per heavy atom. The predicted octanol–water partition coefficient (Wildman–Crippen LogP) is 5.93. The molecule has 0 amide bonds. The molecule has 112 valence electrons. The molecule has 0 N–H and O–H groups in total. The molecule has 0 aliphatic carbocycles. The average Bonchev–Trinajstić information content (AvgIpc) is 2.92. The number of hydrogen-bond acceptors (Lipinski definition) is 1. The molecule has 1 aromatic carbocycles. The quantitative estimate of drug-likeness (QED) is 0.393. The molecule has 0 bridgehead atoms. The number of benzene rings is 1. The van der Waals surface area contributed by atoms with E-state index in [4.69, 9.17) is 0 Å². The van der Waals surface area contributed by atoms with Crippen LogP contribution in [0.2, 0.25) is 0 Å². The van der Waals surface area contributed by atoms with E-state index in [2.05, 4.69) is 42.4 Å². The molecule has 2 rings (SSSR count). The van der Waals surface area contributed by atoms with Crippen molar-refractivity contribution in [2.45, 2.75) is 64.7 Å². The molecule has 0 radical (unpaired) electrons. The van der Waals surface area contributed by atoms with Crippen LogP contribution in [0.5, 0.6) is 0 Å². The molecule has 1 nitrogen and oxygen atoms in total. The summed E-state index contributed by atoms with van der Waals surface area (Å²) < 4.78 is 0. The topological polar surface area (TPSA) is 12.4 Å². The average molecular weight is 281 g/mol. The van der Waals surface area contributed by atoms with E-state index in [9.17, 15) is 0 Å².